The van der Waals surface area contributed by atoms with E-state index in [-0.39, 0.29) is 6.04 Å². The molecule has 1 aliphatic rings. The van der Waals surface area contributed by atoms with Crippen molar-refractivity contribution in [3.05, 3.63) is 29.3 Å². The first kappa shape index (κ1) is 12.4. The number of ether oxygens (including phenoxy) is 1. The summed E-state index contributed by atoms with van der Waals surface area (Å²) in [5.41, 5.74) is 7.75. The van der Waals surface area contributed by atoms with E-state index in [0.717, 1.165) is 18.6 Å². The summed E-state index contributed by atoms with van der Waals surface area (Å²) in [6.07, 6.45) is 2.73. The van der Waals surface area contributed by atoms with Crippen LogP contribution in [0, 0.1) is 0 Å². The molecule has 1 aromatic rings. The van der Waals surface area contributed by atoms with E-state index in [1.807, 2.05) is 25.1 Å². The summed E-state index contributed by atoms with van der Waals surface area (Å²) < 4.78 is 5.63. The van der Waals surface area contributed by atoms with Crippen LogP contribution in [0.15, 0.2) is 18.2 Å². The maximum absolute atomic E-state index is 9.88. The molecule has 0 amide bonds. The molecule has 1 aliphatic carbocycles. The highest BCUT2D eigenvalue weighted by Crippen LogP contribution is 2.32. The number of aryl methyl sites for hydroxylation is 1. The average molecular weight is 235 g/mol. The molecule has 3 nitrogen and oxygen atoms in total. The van der Waals surface area contributed by atoms with Gasteiger partial charge in [0, 0.05) is 6.04 Å². The fraction of sp³-hybridized carbons (Fsp3) is 0.571. The third-order valence-electron chi connectivity index (χ3n) is 3.55. The zero-order valence-corrected chi connectivity index (χ0v) is 10.6. The second kappa shape index (κ2) is 4.67. The summed E-state index contributed by atoms with van der Waals surface area (Å²) >= 11 is 0. The van der Waals surface area contributed by atoms with Crippen LogP contribution in [0.5, 0.6) is 5.75 Å². The molecule has 1 aromatic carbocycles. The van der Waals surface area contributed by atoms with Crippen LogP contribution in [0.3, 0.4) is 0 Å². The molecule has 3 heteroatoms. The van der Waals surface area contributed by atoms with Crippen LogP contribution >= 0.6 is 0 Å². The Morgan fingerprint density at radius 1 is 1.53 bits per heavy atom. The average Bonchev–Trinajstić information content (AvgIpc) is 2.68. The Bertz CT molecular complexity index is 401. The molecule has 2 atom stereocenters. The van der Waals surface area contributed by atoms with Gasteiger partial charge >= 0.3 is 0 Å². The molecular weight excluding hydrogens is 214 g/mol. The van der Waals surface area contributed by atoms with Gasteiger partial charge in [0.25, 0.3) is 0 Å². The number of hydrogen-bond acceptors (Lipinski definition) is 3. The van der Waals surface area contributed by atoms with Crippen molar-refractivity contribution in [1.82, 2.24) is 0 Å². The lowest BCUT2D eigenvalue weighted by Gasteiger charge is -2.21. The Balaban J connectivity index is 2.04. The minimum atomic E-state index is -0.755. The Morgan fingerprint density at radius 2 is 2.29 bits per heavy atom. The highest BCUT2D eigenvalue weighted by molar-refractivity contribution is 5.40. The van der Waals surface area contributed by atoms with Gasteiger partial charge in [-0.05, 0) is 49.4 Å². The summed E-state index contributed by atoms with van der Waals surface area (Å²) in [5.74, 6) is 0.826. The van der Waals surface area contributed by atoms with Gasteiger partial charge in [-0.15, -0.1) is 0 Å². The molecule has 2 rings (SSSR count). The number of rotatable bonds is 4. The predicted octanol–water partition coefficient (Wildman–Crippen LogP) is 2.17. The van der Waals surface area contributed by atoms with E-state index < -0.39 is 5.60 Å². The molecule has 0 fully saturated rings. The van der Waals surface area contributed by atoms with Crippen molar-refractivity contribution in [3.8, 4) is 5.75 Å². The topological polar surface area (TPSA) is 55.5 Å². The fourth-order valence-corrected chi connectivity index (χ4v) is 2.06. The van der Waals surface area contributed by atoms with E-state index in [9.17, 15) is 5.11 Å². The van der Waals surface area contributed by atoms with Crippen molar-refractivity contribution in [2.24, 2.45) is 5.73 Å². The number of nitrogens with two attached hydrogens (primary N) is 1. The lowest BCUT2D eigenvalue weighted by Crippen LogP contribution is -2.31. The minimum Gasteiger partial charge on any atom is -0.491 e. The monoisotopic (exact) mass is 235 g/mol. The van der Waals surface area contributed by atoms with Crippen molar-refractivity contribution < 1.29 is 9.84 Å². The minimum absolute atomic E-state index is 0.179. The molecule has 3 N–H and O–H groups in total. The molecule has 0 aromatic heterocycles. The molecule has 0 spiro atoms. The van der Waals surface area contributed by atoms with Crippen LogP contribution in [0.1, 0.15) is 43.9 Å². The third kappa shape index (κ3) is 2.79. The third-order valence-corrected chi connectivity index (χ3v) is 3.55. The highest BCUT2D eigenvalue weighted by Gasteiger charge is 2.21. The summed E-state index contributed by atoms with van der Waals surface area (Å²) in [5, 5.41) is 9.88. The van der Waals surface area contributed by atoms with Crippen LogP contribution in [-0.4, -0.2) is 17.3 Å². The van der Waals surface area contributed by atoms with Gasteiger partial charge < -0.3 is 15.6 Å². The molecule has 0 aliphatic heterocycles. The van der Waals surface area contributed by atoms with E-state index in [4.69, 9.17) is 10.5 Å². The van der Waals surface area contributed by atoms with E-state index >= 15 is 0 Å². The molecule has 0 bridgehead atoms. The first-order valence-corrected chi connectivity index (χ1v) is 6.25. The number of fused-ring (bicyclic) bond motifs is 1. The number of hydrogen-bond donors (Lipinski definition) is 2. The Hall–Kier alpha value is -1.06. The molecule has 0 heterocycles. The predicted molar refractivity (Wildman–Crippen MR) is 68.1 cm³/mol. The van der Waals surface area contributed by atoms with Crippen molar-refractivity contribution in [2.45, 2.75) is 44.8 Å². The van der Waals surface area contributed by atoms with E-state index in [2.05, 4.69) is 0 Å². The van der Waals surface area contributed by atoms with Crippen molar-refractivity contribution in [2.75, 3.05) is 6.61 Å². The summed E-state index contributed by atoms with van der Waals surface area (Å²) in [6, 6.07) is 6.21. The maximum Gasteiger partial charge on any atom is 0.119 e. The van der Waals surface area contributed by atoms with Gasteiger partial charge in [0.15, 0.2) is 0 Å². The van der Waals surface area contributed by atoms with E-state index in [0.29, 0.717) is 13.0 Å². The second-order valence-electron chi connectivity index (χ2n) is 5.14. The smallest absolute Gasteiger partial charge is 0.119 e. The Kier molecular flexibility index (Phi) is 3.40. The largest absolute Gasteiger partial charge is 0.491 e. The second-order valence-corrected chi connectivity index (χ2v) is 5.14. The molecule has 1 unspecified atom stereocenters. The molecule has 94 valence electrons. The zero-order valence-electron chi connectivity index (χ0n) is 10.6. The first-order valence-electron chi connectivity index (χ1n) is 6.25. The van der Waals surface area contributed by atoms with Crippen LogP contribution in [0.2, 0.25) is 0 Å². The van der Waals surface area contributed by atoms with Crippen LogP contribution in [0.4, 0.5) is 0 Å². The lowest BCUT2D eigenvalue weighted by atomic mass is 10.1. The van der Waals surface area contributed by atoms with Gasteiger partial charge in [0.2, 0.25) is 0 Å². The highest BCUT2D eigenvalue weighted by atomic mass is 16.5. The van der Waals surface area contributed by atoms with Gasteiger partial charge in [0.05, 0.1) is 5.60 Å². The van der Waals surface area contributed by atoms with Gasteiger partial charge in [-0.25, -0.2) is 0 Å². The molecular formula is C14H21NO2. The quantitative estimate of drug-likeness (QED) is 0.841. The van der Waals surface area contributed by atoms with Crippen LogP contribution < -0.4 is 10.5 Å². The first-order chi connectivity index (χ1) is 8.02. The van der Waals surface area contributed by atoms with E-state index in [1.165, 1.54) is 11.1 Å². The molecule has 0 saturated heterocycles. The van der Waals surface area contributed by atoms with Crippen molar-refractivity contribution in [3.63, 3.8) is 0 Å². The van der Waals surface area contributed by atoms with Gasteiger partial charge in [-0.2, -0.15) is 0 Å². The summed E-state index contributed by atoms with van der Waals surface area (Å²) in [4.78, 5) is 0. The SMILES string of the molecule is CCC(C)(O)COc1ccc2c(c1)CC[C@@H]2N. The molecule has 17 heavy (non-hydrogen) atoms. The van der Waals surface area contributed by atoms with Gasteiger partial charge in [-0.3, -0.25) is 0 Å². The molecule has 0 radical (unpaired) electrons. The van der Waals surface area contributed by atoms with E-state index in [1.54, 1.807) is 6.92 Å². The summed E-state index contributed by atoms with van der Waals surface area (Å²) in [7, 11) is 0. The number of benzene rings is 1. The van der Waals surface area contributed by atoms with Crippen molar-refractivity contribution in [1.29, 1.82) is 0 Å². The van der Waals surface area contributed by atoms with Gasteiger partial charge in [-0.1, -0.05) is 13.0 Å². The van der Waals surface area contributed by atoms with Gasteiger partial charge in [0.1, 0.15) is 12.4 Å². The normalized spacial score (nSPS) is 22.0. The summed E-state index contributed by atoms with van der Waals surface area (Å²) in [6.45, 7) is 4.07. The van der Waals surface area contributed by atoms with Crippen molar-refractivity contribution >= 4 is 0 Å². The Morgan fingerprint density at radius 3 is 3.00 bits per heavy atom. The lowest BCUT2D eigenvalue weighted by molar-refractivity contribution is 0.00845. The maximum atomic E-state index is 9.88. The zero-order chi connectivity index (χ0) is 12.5. The van der Waals surface area contributed by atoms with Crippen LogP contribution in [0.25, 0.3) is 0 Å². The standard InChI is InChI=1S/C14H21NO2/c1-3-14(2,16)9-17-11-5-6-12-10(8-11)4-7-13(12)15/h5-6,8,13,16H,3-4,7,9,15H2,1-2H3/t13-,14?/m0/s1. The van der Waals surface area contributed by atoms with Crippen LogP contribution in [-0.2, 0) is 6.42 Å². The fourth-order valence-electron chi connectivity index (χ4n) is 2.06. The number of aliphatic hydroxyl groups is 1. The Labute approximate surface area is 103 Å². The molecule has 0 saturated carbocycles.